The molecule has 2 aliphatic rings. The fraction of sp³-hybridized carbons (Fsp3) is 0.529. The number of nitrogens with zero attached hydrogens (tertiary/aromatic N) is 3. The minimum absolute atomic E-state index is 0.0178. The second-order valence-electron chi connectivity index (χ2n) is 6.46. The number of piperidine rings is 1. The number of hydrogen-bond donors (Lipinski definition) is 2. The average Bonchev–Trinajstić information content (AvgIpc) is 3.06. The van der Waals surface area contributed by atoms with Crippen LogP contribution in [0.3, 0.4) is 0 Å². The van der Waals surface area contributed by atoms with E-state index < -0.39 is 0 Å². The van der Waals surface area contributed by atoms with Crippen LogP contribution < -0.4 is 15.6 Å². The van der Waals surface area contributed by atoms with E-state index in [2.05, 4.69) is 20.6 Å². The first-order valence-corrected chi connectivity index (χ1v) is 9.29. The first-order chi connectivity index (χ1) is 12.0. The summed E-state index contributed by atoms with van der Waals surface area (Å²) in [6.07, 6.45) is 2.86. The second-order valence-corrected chi connectivity index (χ2v) is 7.28. The molecule has 0 spiro atoms. The Labute approximate surface area is 158 Å². The Bertz CT molecular complexity index is 660. The van der Waals surface area contributed by atoms with Gasteiger partial charge in [0.15, 0.2) is 0 Å². The number of anilines is 1. The van der Waals surface area contributed by atoms with Crippen molar-refractivity contribution in [2.75, 3.05) is 38.2 Å². The lowest BCUT2D eigenvalue weighted by Gasteiger charge is -2.31. The highest BCUT2D eigenvalue weighted by Gasteiger charge is 2.22. The van der Waals surface area contributed by atoms with Crippen LogP contribution in [0.4, 0.5) is 5.69 Å². The molecule has 2 N–H and O–H groups in total. The first kappa shape index (κ1) is 18.5. The number of rotatable bonds is 4. The fourth-order valence-corrected chi connectivity index (χ4v) is 3.47. The molecule has 0 unspecified atom stereocenters. The lowest BCUT2D eigenvalue weighted by Crippen LogP contribution is -2.46. The van der Waals surface area contributed by atoms with E-state index in [-0.39, 0.29) is 5.91 Å². The van der Waals surface area contributed by atoms with Gasteiger partial charge in [-0.3, -0.25) is 14.7 Å². The van der Waals surface area contributed by atoms with Crippen LogP contribution in [0.1, 0.15) is 19.3 Å². The van der Waals surface area contributed by atoms with E-state index in [9.17, 15) is 4.79 Å². The SMILES string of the molecule is CN(CC(=O)NC1=NN(c2ccc(Cl)c(Cl)c2)CC1)C1CCNCC1. The number of nitrogens with one attached hydrogen (secondary N) is 2. The molecular formula is C17H23Cl2N5O. The van der Waals surface area contributed by atoms with Gasteiger partial charge >= 0.3 is 0 Å². The van der Waals surface area contributed by atoms with Crippen LogP contribution in [-0.2, 0) is 4.79 Å². The molecule has 1 amide bonds. The van der Waals surface area contributed by atoms with Crippen LogP contribution in [0.15, 0.2) is 23.3 Å². The van der Waals surface area contributed by atoms with Crippen molar-refractivity contribution in [1.82, 2.24) is 15.5 Å². The Morgan fingerprint density at radius 1 is 1.36 bits per heavy atom. The summed E-state index contributed by atoms with van der Waals surface area (Å²) >= 11 is 12.0. The normalized spacial score (nSPS) is 18.6. The second kappa shape index (κ2) is 8.36. The van der Waals surface area contributed by atoms with E-state index in [0.717, 1.165) is 31.6 Å². The minimum atomic E-state index is -0.0178. The molecule has 25 heavy (non-hydrogen) atoms. The number of benzene rings is 1. The summed E-state index contributed by atoms with van der Waals surface area (Å²) in [5, 5.41) is 13.6. The third-order valence-electron chi connectivity index (χ3n) is 4.61. The molecule has 1 aromatic carbocycles. The maximum Gasteiger partial charge on any atom is 0.239 e. The standard InChI is InChI=1S/C17H23Cl2N5O/c1-23(12-4-7-20-8-5-12)11-17(25)21-16-6-9-24(22-16)13-2-3-14(18)15(19)10-13/h2-3,10,12,20H,4-9,11H2,1H3,(H,21,22,25). The number of carbonyl (C=O) groups excluding carboxylic acids is 1. The Morgan fingerprint density at radius 2 is 2.12 bits per heavy atom. The van der Waals surface area contributed by atoms with Crippen molar-refractivity contribution in [2.24, 2.45) is 5.10 Å². The molecule has 3 rings (SSSR count). The molecule has 0 atom stereocenters. The largest absolute Gasteiger partial charge is 0.317 e. The van der Waals surface area contributed by atoms with Crippen LogP contribution in [-0.4, -0.2) is 55.9 Å². The van der Waals surface area contributed by atoms with Crippen molar-refractivity contribution in [3.63, 3.8) is 0 Å². The van der Waals surface area contributed by atoms with Crippen LogP contribution in [0.25, 0.3) is 0 Å². The lowest BCUT2D eigenvalue weighted by molar-refractivity contribution is -0.121. The van der Waals surface area contributed by atoms with Gasteiger partial charge in [0.25, 0.3) is 0 Å². The number of hydrazone groups is 1. The molecule has 1 aromatic rings. The van der Waals surface area contributed by atoms with Gasteiger partial charge in [-0.15, -0.1) is 0 Å². The van der Waals surface area contributed by atoms with Gasteiger partial charge in [0, 0.05) is 19.0 Å². The van der Waals surface area contributed by atoms with E-state index in [0.29, 0.717) is 41.4 Å². The molecule has 0 aromatic heterocycles. The van der Waals surface area contributed by atoms with Crippen molar-refractivity contribution in [3.8, 4) is 0 Å². The van der Waals surface area contributed by atoms with Crippen LogP contribution in [0.5, 0.6) is 0 Å². The average molecular weight is 384 g/mol. The van der Waals surface area contributed by atoms with Gasteiger partial charge in [-0.05, 0) is 51.2 Å². The number of likely N-dealkylation sites (N-methyl/N-ethyl adjacent to an activating group) is 1. The lowest BCUT2D eigenvalue weighted by atomic mass is 10.1. The molecule has 0 bridgehead atoms. The van der Waals surface area contributed by atoms with Gasteiger partial charge in [-0.2, -0.15) is 5.10 Å². The fourth-order valence-electron chi connectivity index (χ4n) is 3.18. The molecule has 136 valence electrons. The van der Waals surface area contributed by atoms with E-state index in [1.165, 1.54) is 0 Å². The van der Waals surface area contributed by atoms with Crippen molar-refractivity contribution < 1.29 is 4.79 Å². The van der Waals surface area contributed by atoms with Crippen molar-refractivity contribution >= 4 is 40.6 Å². The molecule has 2 aliphatic heterocycles. The molecular weight excluding hydrogens is 361 g/mol. The quantitative estimate of drug-likeness (QED) is 0.837. The van der Waals surface area contributed by atoms with Gasteiger partial charge < -0.3 is 10.6 Å². The smallest absolute Gasteiger partial charge is 0.239 e. The highest BCUT2D eigenvalue weighted by molar-refractivity contribution is 6.42. The van der Waals surface area contributed by atoms with Crippen LogP contribution >= 0.6 is 23.2 Å². The Morgan fingerprint density at radius 3 is 2.84 bits per heavy atom. The summed E-state index contributed by atoms with van der Waals surface area (Å²) in [4.78, 5) is 14.4. The van der Waals surface area contributed by atoms with Gasteiger partial charge in [-0.1, -0.05) is 23.2 Å². The molecule has 8 heteroatoms. The topological polar surface area (TPSA) is 60.0 Å². The summed E-state index contributed by atoms with van der Waals surface area (Å²) < 4.78 is 0. The summed E-state index contributed by atoms with van der Waals surface area (Å²) in [6.45, 7) is 3.12. The van der Waals surface area contributed by atoms with Gasteiger partial charge in [0.05, 0.1) is 22.3 Å². The highest BCUT2D eigenvalue weighted by atomic mass is 35.5. The van der Waals surface area contributed by atoms with Gasteiger partial charge in [-0.25, -0.2) is 0 Å². The first-order valence-electron chi connectivity index (χ1n) is 8.54. The zero-order chi connectivity index (χ0) is 17.8. The number of hydrogen-bond acceptors (Lipinski definition) is 5. The van der Waals surface area contributed by atoms with E-state index in [1.54, 1.807) is 12.1 Å². The minimum Gasteiger partial charge on any atom is -0.317 e. The number of amidine groups is 1. The summed E-state index contributed by atoms with van der Waals surface area (Å²) in [5.74, 6) is 0.672. The van der Waals surface area contributed by atoms with E-state index in [1.807, 2.05) is 18.1 Å². The maximum atomic E-state index is 12.3. The summed E-state index contributed by atoms with van der Waals surface area (Å²) in [6, 6.07) is 5.86. The molecule has 1 saturated heterocycles. The molecule has 0 saturated carbocycles. The van der Waals surface area contributed by atoms with Crippen molar-refractivity contribution in [2.45, 2.75) is 25.3 Å². The van der Waals surface area contributed by atoms with Crippen LogP contribution in [0.2, 0.25) is 10.0 Å². The Hall–Kier alpha value is -1.34. The molecule has 0 radical (unpaired) electrons. The molecule has 2 heterocycles. The zero-order valence-corrected chi connectivity index (χ0v) is 15.8. The van der Waals surface area contributed by atoms with Crippen molar-refractivity contribution in [3.05, 3.63) is 28.2 Å². The number of halogens is 2. The Kier molecular flexibility index (Phi) is 6.17. The predicted octanol–water partition coefficient (Wildman–Crippen LogP) is 2.32. The third-order valence-corrected chi connectivity index (χ3v) is 5.35. The van der Waals surface area contributed by atoms with Crippen molar-refractivity contribution in [1.29, 1.82) is 0 Å². The zero-order valence-electron chi connectivity index (χ0n) is 14.3. The number of amides is 1. The van der Waals surface area contributed by atoms with E-state index in [4.69, 9.17) is 23.2 Å². The number of carbonyl (C=O) groups is 1. The van der Waals surface area contributed by atoms with Gasteiger partial charge in [0.1, 0.15) is 5.84 Å². The predicted molar refractivity (Wildman–Crippen MR) is 103 cm³/mol. The summed E-state index contributed by atoms with van der Waals surface area (Å²) in [7, 11) is 2.01. The molecule has 1 fully saturated rings. The molecule has 6 nitrogen and oxygen atoms in total. The molecule has 0 aliphatic carbocycles. The van der Waals surface area contributed by atoms with E-state index >= 15 is 0 Å². The summed E-state index contributed by atoms with van der Waals surface area (Å²) in [5.41, 5.74) is 0.866. The maximum absolute atomic E-state index is 12.3. The van der Waals surface area contributed by atoms with Crippen LogP contribution in [0, 0.1) is 0 Å². The Balaban J connectivity index is 1.53. The third kappa shape index (κ3) is 4.85. The highest BCUT2D eigenvalue weighted by Crippen LogP contribution is 2.28. The monoisotopic (exact) mass is 383 g/mol. The van der Waals surface area contributed by atoms with Gasteiger partial charge in [0.2, 0.25) is 5.91 Å².